The summed E-state index contributed by atoms with van der Waals surface area (Å²) in [6.45, 7) is 10.3. The van der Waals surface area contributed by atoms with Crippen LogP contribution in [0.1, 0.15) is 19.8 Å². The van der Waals surface area contributed by atoms with Crippen molar-refractivity contribution in [2.75, 3.05) is 33.2 Å². The summed E-state index contributed by atoms with van der Waals surface area (Å²) < 4.78 is 1.10. The van der Waals surface area contributed by atoms with Crippen LogP contribution in [-0.4, -0.2) is 37.7 Å². The van der Waals surface area contributed by atoms with Crippen molar-refractivity contribution in [3.8, 4) is 0 Å². The van der Waals surface area contributed by atoms with E-state index in [1.54, 1.807) is 0 Å². The summed E-state index contributed by atoms with van der Waals surface area (Å²) in [5.74, 6) is 0. The number of likely N-dealkylation sites (N-methyl/N-ethyl adjacent to an activating group) is 1. The first-order valence-electron chi connectivity index (χ1n) is 4.83. The number of hydrogen-bond acceptors (Lipinski definition) is 1. The van der Waals surface area contributed by atoms with Gasteiger partial charge in [-0.05, 0) is 32.4 Å². The Hall–Kier alpha value is -0.340. The van der Waals surface area contributed by atoms with Gasteiger partial charge < -0.3 is 10.2 Å². The average molecular weight is 171 g/mol. The Balaban J connectivity index is 3.70. The normalized spacial score (nSPS) is 15.6. The van der Waals surface area contributed by atoms with Gasteiger partial charge in [0.2, 0.25) is 0 Å². The summed E-state index contributed by atoms with van der Waals surface area (Å²) in [6, 6.07) is 0. The van der Waals surface area contributed by atoms with Crippen molar-refractivity contribution in [2.45, 2.75) is 19.8 Å². The number of nitrogens with two attached hydrogens (primary N) is 1. The van der Waals surface area contributed by atoms with Crippen molar-refractivity contribution in [1.29, 1.82) is 0 Å². The number of unbranched alkanes of at least 4 members (excludes halogenated alkanes) is 1. The second-order valence-corrected chi connectivity index (χ2v) is 3.63. The van der Waals surface area contributed by atoms with Gasteiger partial charge >= 0.3 is 0 Å². The molecule has 0 fully saturated rings. The first-order chi connectivity index (χ1) is 5.68. The van der Waals surface area contributed by atoms with Gasteiger partial charge in [-0.15, -0.1) is 0 Å². The molecule has 0 saturated carbocycles. The maximum Gasteiger partial charge on any atom is 0.0968 e. The van der Waals surface area contributed by atoms with Crippen LogP contribution in [0, 0.1) is 0 Å². The molecule has 2 nitrogen and oxygen atoms in total. The first-order valence-corrected chi connectivity index (χ1v) is 4.83. The molecule has 0 bridgehead atoms. The Labute approximate surface area is 76.6 Å². The molecule has 0 rings (SSSR count). The van der Waals surface area contributed by atoms with Gasteiger partial charge in [0.25, 0.3) is 0 Å². The Morgan fingerprint density at radius 2 is 2.08 bits per heavy atom. The number of hydrogen-bond donors (Lipinski definition) is 1. The van der Waals surface area contributed by atoms with E-state index < -0.39 is 0 Å². The predicted octanol–water partition coefficient (Wildman–Crippen LogP) is 1.38. The molecule has 72 valence electrons. The van der Waals surface area contributed by atoms with Gasteiger partial charge in [-0.3, -0.25) is 0 Å². The van der Waals surface area contributed by atoms with Gasteiger partial charge in [0, 0.05) is 0 Å². The van der Waals surface area contributed by atoms with E-state index in [-0.39, 0.29) is 0 Å². The van der Waals surface area contributed by atoms with E-state index >= 15 is 0 Å². The van der Waals surface area contributed by atoms with Crippen LogP contribution in [0.3, 0.4) is 0 Å². The van der Waals surface area contributed by atoms with E-state index in [1.807, 2.05) is 6.08 Å². The van der Waals surface area contributed by atoms with Crippen LogP contribution in [0.15, 0.2) is 12.7 Å². The maximum atomic E-state index is 5.45. The monoisotopic (exact) mass is 171 g/mol. The molecule has 0 aromatic carbocycles. The molecular weight excluding hydrogens is 148 g/mol. The van der Waals surface area contributed by atoms with E-state index in [2.05, 4.69) is 20.6 Å². The minimum absolute atomic E-state index is 0.817. The maximum absolute atomic E-state index is 5.45. The topological polar surface area (TPSA) is 26.0 Å². The smallest absolute Gasteiger partial charge is 0.0968 e. The fraction of sp³-hybridized carbons (Fsp3) is 0.800. The molecule has 1 atom stereocenters. The van der Waals surface area contributed by atoms with Gasteiger partial charge in [0.15, 0.2) is 0 Å². The van der Waals surface area contributed by atoms with Gasteiger partial charge in [-0.25, -0.2) is 0 Å². The SMILES string of the molecule is C=CC[N+](C)(CC)CCCCN. The van der Waals surface area contributed by atoms with Crippen LogP contribution < -0.4 is 5.73 Å². The molecule has 12 heavy (non-hydrogen) atoms. The molecule has 0 aliphatic heterocycles. The average Bonchev–Trinajstić information content (AvgIpc) is 2.06. The highest BCUT2D eigenvalue weighted by Gasteiger charge is 2.15. The highest BCUT2D eigenvalue weighted by molar-refractivity contribution is 4.65. The minimum atomic E-state index is 0.817. The Morgan fingerprint density at radius 1 is 1.42 bits per heavy atom. The van der Waals surface area contributed by atoms with Crippen molar-refractivity contribution in [3.63, 3.8) is 0 Å². The molecule has 1 unspecified atom stereocenters. The van der Waals surface area contributed by atoms with E-state index in [0.717, 1.165) is 24.0 Å². The van der Waals surface area contributed by atoms with Crippen LogP contribution >= 0.6 is 0 Å². The van der Waals surface area contributed by atoms with Crippen molar-refractivity contribution in [3.05, 3.63) is 12.7 Å². The second kappa shape index (κ2) is 6.21. The fourth-order valence-corrected chi connectivity index (χ4v) is 1.33. The molecular formula is C10H23N2+. The van der Waals surface area contributed by atoms with Crippen LogP contribution in [-0.2, 0) is 0 Å². The lowest BCUT2D eigenvalue weighted by Crippen LogP contribution is -2.44. The van der Waals surface area contributed by atoms with Crippen LogP contribution in [0.25, 0.3) is 0 Å². The van der Waals surface area contributed by atoms with Crippen LogP contribution in [0.2, 0.25) is 0 Å². The third-order valence-electron chi connectivity index (χ3n) is 2.49. The standard InChI is InChI=1S/C10H23N2/c1-4-9-12(3,5-2)10-7-6-8-11/h4H,1,5-11H2,2-3H3/q+1. The third-order valence-corrected chi connectivity index (χ3v) is 2.49. The molecule has 2 N–H and O–H groups in total. The second-order valence-electron chi connectivity index (χ2n) is 3.63. The molecule has 0 aliphatic carbocycles. The van der Waals surface area contributed by atoms with Crippen LogP contribution in [0.5, 0.6) is 0 Å². The zero-order valence-electron chi connectivity index (χ0n) is 8.55. The molecule has 0 aromatic heterocycles. The highest BCUT2D eigenvalue weighted by atomic mass is 15.3. The quantitative estimate of drug-likeness (QED) is 0.349. The van der Waals surface area contributed by atoms with E-state index in [4.69, 9.17) is 5.73 Å². The summed E-state index contributed by atoms with van der Waals surface area (Å²) in [4.78, 5) is 0. The zero-order chi connectivity index (χ0) is 9.45. The van der Waals surface area contributed by atoms with Crippen molar-refractivity contribution >= 4 is 0 Å². The molecule has 0 radical (unpaired) electrons. The fourth-order valence-electron chi connectivity index (χ4n) is 1.33. The summed E-state index contributed by atoms with van der Waals surface area (Å²) in [6.07, 6.45) is 4.38. The first kappa shape index (κ1) is 11.7. The van der Waals surface area contributed by atoms with Gasteiger partial charge in [0.1, 0.15) is 0 Å². The lowest BCUT2D eigenvalue weighted by molar-refractivity contribution is -0.902. The Kier molecular flexibility index (Phi) is 6.03. The molecule has 2 heteroatoms. The largest absolute Gasteiger partial charge is 0.330 e. The number of rotatable bonds is 7. The van der Waals surface area contributed by atoms with Gasteiger partial charge in [-0.2, -0.15) is 0 Å². The lowest BCUT2D eigenvalue weighted by atomic mass is 10.2. The predicted molar refractivity (Wildman–Crippen MR) is 54.9 cm³/mol. The minimum Gasteiger partial charge on any atom is -0.330 e. The number of nitrogens with zero attached hydrogens (tertiary/aromatic N) is 1. The van der Waals surface area contributed by atoms with E-state index in [1.165, 1.54) is 19.5 Å². The zero-order valence-corrected chi connectivity index (χ0v) is 8.55. The third kappa shape index (κ3) is 4.52. The highest BCUT2D eigenvalue weighted by Crippen LogP contribution is 2.04. The summed E-state index contributed by atoms with van der Waals surface area (Å²) in [5, 5.41) is 0. The van der Waals surface area contributed by atoms with Gasteiger partial charge in [0.05, 0.1) is 26.7 Å². The van der Waals surface area contributed by atoms with E-state index in [0.29, 0.717) is 0 Å². The molecule has 0 aliphatic rings. The van der Waals surface area contributed by atoms with Crippen molar-refractivity contribution in [1.82, 2.24) is 0 Å². The van der Waals surface area contributed by atoms with Crippen LogP contribution in [0.4, 0.5) is 0 Å². The number of quaternary nitrogens is 1. The van der Waals surface area contributed by atoms with Crippen molar-refractivity contribution in [2.24, 2.45) is 5.73 Å². The lowest BCUT2D eigenvalue weighted by Gasteiger charge is -2.32. The molecule has 0 spiro atoms. The molecule has 0 saturated heterocycles. The van der Waals surface area contributed by atoms with Crippen molar-refractivity contribution < 1.29 is 4.48 Å². The summed E-state index contributed by atoms with van der Waals surface area (Å²) in [5.41, 5.74) is 5.45. The summed E-state index contributed by atoms with van der Waals surface area (Å²) >= 11 is 0. The van der Waals surface area contributed by atoms with E-state index in [9.17, 15) is 0 Å². The Bertz CT molecular complexity index is 123. The summed E-state index contributed by atoms with van der Waals surface area (Å²) in [7, 11) is 2.28. The Morgan fingerprint density at radius 3 is 2.50 bits per heavy atom. The molecule has 0 amide bonds. The molecule has 0 heterocycles. The van der Waals surface area contributed by atoms with Gasteiger partial charge in [-0.1, -0.05) is 6.58 Å². The molecule has 0 aromatic rings.